The molecule has 0 fully saturated rings. The molecule has 0 radical (unpaired) electrons. The molecule has 0 bridgehead atoms. The lowest BCUT2D eigenvalue weighted by Gasteiger charge is -2.34. The molecule has 4 heteroatoms. The average Bonchev–Trinajstić information content (AvgIpc) is 3.45. The topological polar surface area (TPSA) is 28.9 Å². The Hall–Kier alpha value is -6.00. The van der Waals surface area contributed by atoms with E-state index >= 15 is 0 Å². The van der Waals surface area contributed by atoms with Gasteiger partial charge in [-0.15, -0.1) is 0 Å². The van der Waals surface area contributed by atoms with Gasteiger partial charge in [-0.3, -0.25) is 0 Å². The van der Waals surface area contributed by atoms with Crippen LogP contribution in [0.25, 0.3) is 32.7 Å². The molecule has 0 spiro atoms. The highest BCUT2D eigenvalue weighted by molar-refractivity contribution is 6.06. The minimum absolute atomic E-state index is 0.785. The molecule has 4 nitrogen and oxygen atoms in total. The molecule has 0 saturated heterocycles. The van der Waals surface area contributed by atoms with Gasteiger partial charge < -0.3 is 19.0 Å². The van der Waals surface area contributed by atoms with Crippen molar-refractivity contribution < 1.29 is 9.15 Å². The molecule has 0 atom stereocenters. The van der Waals surface area contributed by atoms with E-state index in [1.54, 1.807) is 0 Å². The number of fused-ring (bicyclic) bond motifs is 6. The number of hydrogen-bond acceptors (Lipinski definition) is 4. The van der Waals surface area contributed by atoms with Gasteiger partial charge in [0.15, 0.2) is 11.5 Å². The van der Waals surface area contributed by atoms with E-state index in [9.17, 15) is 0 Å². The lowest BCUT2D eigenvalue weighted by atomic mass is 10.1. The van der Waals surface area contributed by atoms with E-state index in [4.69, 9.17) is 9.15 Å². The van der Waals surface area contributed by atoms with Crippen LogP contribution in [-0.4, -0.2) is 0 Å². The fraction of sp³-hybridized carbons (Fsp3) is 0. The predicted octanol–water partition coefficient (Wildman–Crippen LogP) is 11.8. The van der Waals surface area contributed by atoms with Crippen LogP contribution in [0.2, 0.25) is 0 Å². The largest absolute Gasteiger partial charge is 0.456 e. The Bertz CT molecular complexity index is 2340. The Balaban J connectivity index is 1.20. The number of hydrogen-bond donors (Lipinski definition) is 0. The SMILES string of the molecule is c1ccc(N(c2ccc3c(c2)Oc2ccccc2N3c2ccc3c(c2)oc2ccccc23)c2ccc3ccccc3c2)cc1. The Kier molecular flexibility index (Phi) is 5.47. The van der Waals surface area contributed by atoms with Gasteiger partial charge in [-0.25, -0.2) is 0 Å². The van der Waals surface area contributed by atoms with Crippen LogP contribution in [0.1, 0.15) is 0 Å². The molecule has 8 aromatic rings. The first kappa shape index (κ1) is 24.6. The molecule has 2 heterocycles. The number of para-hydroxylation sites is 4. The first-order valence-corrected chi connectivity index (χ1v) is 14.8. The van der Waals surface area contributed by atoms with Crippen LogP contribution in [0.3, 0.4) is 0 Å². The summed E-state index contributed by atoms with van der Waals surface area (Å²) in [5.41, 5.74) is 7.88. The Morgan fingerprint density at radius 2 is 1.14 bits per heavy atom. The third-order valence-electron chi connectivity index (χ3n) is 8.39. The summed E-state index contributed by atoms with van der Waals surface area (Å²) < 4.78 is 12.9. The minimum atomic E-state index is 0.785. The van der Waals surface area contributed by atoms with E-state index in [0.29, 0.717) is 0 Å². The van der Waals surface area contributed by atoms with Crippen molar-refractivity contribution in [1.82, 2.24) is 0 Å². The summed E-state index contributed by atoms with van der Waals surface area (Å²) in [5, 5.41) is 4.64. The molecule has 7 aromatic carbocycles. The highest BCUT2D eigenvalue weighted by Crippen LogP contribution is 2.52. The van der Waals surface area contributed by atoms with Gasteiger partial charge in [-0.1, -0.05) is 78.9 Å². The number of furan rings is 1. The summed E-state index contributed by atoms with van der Waals surface area (Å²) in [6, 6.07) is 54.8. The summed E-state index contributed by atoms with van der Waals surface area (Å²) in [4.78, 5) is 4.54. The quantitative estimate of drug-likeness (QED) is 0.212. The van der Waals surface area contributed by atoms with Gasteiger partial charge in [0.1, 0.15) is 11.2 Å². The van der Waals surface area contributed by atoms with Crippen molar-refractivity contribution in [1.29, 1.82) is 0 Å². The molecule has 0 unspecified atom stereocenters. The first-order valence-electron chi connectivity index (χ1n) is 14.8. The minimum Gasteiger partial charge on any atom is -0.456 e. The molecule has 0 aliphatic carbocycles. The van der Waals surface area contributed by atoms with E-state index in [0.717, 1.165) is 67.6 Å². The van der Waals surface area contributed by atoms with Crippen molar-refractivity contribution >= 4 is 66.8 Å². The number of anilines is 6. The zero-order valence-corrected chi connectivity index (χ0v) is 23.7. The fourth-order valence-corrected chi connectivity index (χ4v) is 6.36. The molecule has 9 rings (SSSR count). The van der Waals surface area contributed by atoms with E-state index in [2.05, 4.69) is 125 Å². The molecular weight excluding hydrogens is 540 g/mol. The van der Waals surface area contributed by atoms with Crippen molar-refractivity contribution in [2.45, 2.75) is 0 Å². The van der Waals surface area contributed by atoms with Gasteiger partial charge in [-0.2, -0.15) is 0 Å². The van der Waals surface area contributed by atoms with Crippen molar-refractivity contribution in [2.24, 2.45) is 0 Å². The maximum Gasteiger partial charge on any atom is 0.153 e. The summed E-state index contributed by atoms with van der Waals surface area (Å²) >= 11 is 0. The molecule has 0 N–H and O–H groups in total. The molecule has 208 valence electrons. The van der Waals surface area contributed by atoms with Gasteiger partial charge in [-0.05, 0) is 77.5 Å². The van der Waals surface area contributed by atoms with Crippen LogP contribution < -0.4 is 14.5 Å². The first-order chi connectivity index (χ1) is 21.8. The lowest BCUT2D eigenvalue weighted by molar-refractivity contribution is 0.477. The van der Waals surface area contributed by atoms with Crippen molar-refractivity contribution in [3.05, 3.63) is 158 Å². The van der Waals surface area contributed by atoms with E-state index in [1.807, 2.05) is 42.5 Å². The van der Waals surface area contributed by atoms with Gasteiger partial charge in [0.05, 0.1) is 17.1 Å². The third-order valence-corrected chi connectivity index (χ3v) is 8.39. The average molecular weight is 567 g/mol. The Labute approximate surface area is 254 Å². The zero-order valence-electron chi connectivity index (χ0n) is 23.7. The summed E-state index contributed by atoms with van der Waals surface area (Å²) in [6.07, 6.45) is 0. The molecule has 0 amide bonds. The van der Waals surface area contributed by atoms with Crippen LogP contribution in [0.5, 0.6) is 11.5 Å². The van der Waals surface area contributed by atoms with E-state index in [1.165, 1.54) is 10.8 Å². The standard InChI is InChI=1S/C40H26N2O2/c1-2-12-29(13-3-1)41(30-19-18-27-10-4-5-11-28(27)24-30)31-21-23-36-40(26-31)44-38-17-9-7-15-35(38)42(36)32-20-22-34-33-14-6-8-16-37(33)43-39(34)25-32/h1-26H. The van der Waals surface area contributed by atoms with Crippen LogP contribution in [0.4, 0.5) is 34.1 Å². The van der Waals surface area contributed by atoms with E-state index in [-0.39, 0.29) is 0 Å². The smallest absolute Gasteiger partial charge is 0.153 e. The normalized spacial score (nSPS) is 12.2. The lowest BCUT2D eigenvalue weighted by Crippen LogP contribution is -2.16. The number of rotatable bonds is 4. The van der Waals surface area contributed by atoms with Crippen LogP contribution in [-0.2, 0) is 0 Å². The predicted molar refractivity (Wildman–Crippen MR) is 181 cm³/mol. The Morgan fingerprint density at radius 3 is 2.07 bits per heavy atom. The van der Waals surface area contributed by atoms with Crippen molar-refractivity contribution in [2.75, 3.05) is 9.80 Å². The second-order valence-electron chi connectivity index (χ2n) is 11.0. The highest BCUT2D eigenvalue weighted by atomic mass is 16.5. The number of benzene rings is 7. The van der Waals surface area contributed by atoms with Gasteiger partial charge >= 0.3 is 0 Å². The van der Waals surface area contributed by atoms with Crippen molar-refractivity contribution in [3.8, 4) is 11.5 Å². The van der Waals surface area contributed by atoms with Gasteiger partial charge in [0, 0.05) is 40.0 Å². The summed E-state index contributed by atoms with van der Waals surface area (Å²) in [5.74, 6) is 1.59. The second kappa shape index (κ2) is 9.79. The summed E-state index contributed by atoms with van der Waals surface area (Å²) in [7, 11) is 0. The number of ether oxygens (including phenoxy) is 1. The number of nitrogens with zero attached hydrogens (tertiary/aromatic N) is 2. The second-order valence-corrected chi connectivity index (χ2v) is 11.0. The maximum absolute atomic E-state index is 6.61. The van der Waals surface area contributed by atoms with Crippen LogP contribution in [0.15, 0.2) is 162 Å². The molecule has 1 aliphatic heterocycles. The fourth-order valence-electron chi connectivity index (χ4n) is 6.36. The van der Waals surface area contributed by atoms with E-state index < -0.39 is 0 Å². The maximum atomic E-state index is 6.61. The monoisotopic (exact) mass is 566 g/mol. The molecule has 1 aliphatic rings. The van der Waals surface area contributed by atoms with Crippen LogP contribution >= 0.6 is 0 Å². The molecular formula is C40H26N2O2. The van der Waals surface area contributed by atoms with Gasteiger partial charge in [0.2, 0.25) is 0 Å². The molecule has 44 heavy (non-hydrogen) atoms. The highest BCUT2D eigenvalue weighted by Gasteiger charge is 2.27. The third kappa shape index (κ3) is 3.92. The van der Waals surface area contributed by atoms with Crippen molar-refractivity contribution in [3.63, 3.8) is 0 Å². The molecule has 1 aromatic heterocycles. The summed E-state index contributed by atoms with van der Waals surface area (Å²) in [6.45, 7) is 0. The zero-order chi connectivity index (χ0) is 29.0. The van der Waals surface area contributed by atoms with Gasteiger partial charge in [0.25, 0.3) is 0 Å². The Morgan fingerprint density at radius 1 is 0.432 bits per heavy atom. The molecule has 0 saturated carbocycles. The van der Waals surface area contributed by atoms with Crippen LogP contribution in [0, 0.1) is 0 Å².